The van der Waals surface area contributed by atoms with Crippen LogP contribution in [0.15, 0.2) is 0 Å². The third-order valence-corrected chi connectivity index (χ3v) is 3.09. The summed E-state index contributed by atoms with van der Waals surface area (Å²) in [6, 6.07) is 0. The molecule has 4 heteroatoms. The molecule has 86 valence electrons. The lowest BCUT2D eigenvalue weighted by molar-refractivity contribution is 0.102. The normalized spacial score (nSPS) is 44.0. The molecule has 3 heterocycles. The molecular formula is C11H18O4. The highest BCUT2D eigenvalue weighted by Gasteiger charge is 2.42. The zero-order valence-corrected chi connectivity index (χ0v) is 8.89. The Hall–Kier alpha value is -0.160. The van der Waals surface area contributed by atoms with Gasteiger partial charge in [0.05, 0.1) is 32.5 Å². The Kier molecular flexibility index (Phi) is 2.92. The first kappa shape index (κ1) is 10.0. The van der Waals surface area contributed by atoms with E-state index < -0.39 is 0 Å². The van der Waals surface area contributed by atoms with Crippen LogP contribution in [0.3, 0.4) is 0 Å². The van der Waals surface area contributed by atoms with Gasteiger partial charge in [0, 0.05) is 6.61 Å². The Bertz CT molecular complexity index is 193. The molecule has 0 radical (unpaired) electrons. The predicted octanol–water partition coefficient (Wildman–Crippen LogP) is 0.596. The average Bonchev–Trinajstić information content (AvgIpc) is 3.10. The summed E-state index contributed by atoms with van der Waals surface area (Å²) in [7, 11) is 0. The van der Waals surface area contributed by atoms with Crippen molar-refractivity contribution in [3.05, 3.63) is 0 Å². The van der Waals surface area contributed by atoms with Crippen molar-refractivity contribution in [2.75, 3.05) is 33.0 Å². The Morgan fingerprint density at radius 3 is 1.93 bits per heavy atom. The molecule has 3 saturated heterocycles. The molecule has 0 aromatic carbocycles. The Morgan fingerprint density at radius 2 is 1.67 bits per heavy atom. The number of rotatable bonds is 4. The second-order valence-corrected chi connectivity index (χ2v) is 4.64. The van der Waals surface area contributed by atoms with Gasteiger partial charge in [-0.3, -0.25) is 0 Å². The summed E-state index contributed by atoms with van der Waals surface area (Å²) in [4.78, 5) is 0. The van der Waals surface area contributed by atoms with Gasteiger partial charge in [-0.1, -0.05) is 0 Å². The van der Waals surface area contributed by atoms with Gasteiger partial charge < -0.3 is 18.9 Å². The highest BCUT2D eigenvalue weighted by molar-refractivity contribution is 4.91. The molecular weight excluding hydrogens is 196 g/mol. The quantitative estimate of drug-likeness (QED) is 0.643. The molecule has 15 heavy (non-hydrogen) atoms. The molecule has 4 rings (SSSR count). The Morgan fingerprint density at radius 1 is 1.00 bits per heavy atom. The SMILES string of the molecule is C(OCC1CO1)C1CO1.C1CC2CC2O1. The van der Waals surface area contributed by atoms with Gasteiger partial charge >= 0.3 is 0 Å². The van der Waals surface area contributed by atoms with E-state index in [-0.39, 0.29) is 0 Å². The van der Waals surface area contributed by atoms with Crippen LogP contribution in [0.5, 0.6) is 0 Å². The second kappa shape index (κ2) is 4.37. The van der Waals surface area contributed by atoms with E-state index in [0.29, 0.717) is 18.3 Å². The first-order valence-corrected chi connectivity index (χ1v) is 5.84. The number of ether oxygens (including phenoxy) is 4. The van der Waals surface area contributed by atoms with Crippen LogP contribution in [0.25, 0.3) is 0 Å². The Balaban J connectivity index is 0.000000104. The molecule has 4 unspecified atom stereocenters. The molecule has 1 aliphatic carbocycles. The predicted molar refractivity (Wildman–Crippen MR) is 52.8 cm³/mol. The van der Waals surface area contributed by atoms with Gasteiger partial charge in [0.1, 0.15) is 12.2 Å². The summed E-state index contributed by atoms with van der Waals surface area (Å²) >= 11 is 0. The van der Waals surface area contributed by atoms with Crippen LogP contribution in [0.2, 0.25) is 0 Å². The van der Waals surface area contributed by atoms with Crippen molar-refractivity contribution in [2.24, 2.45) is 5.92 Å². The molecule has 0 N–H and O–H groups in total. The van der Waals surface area contributed by atoms with E-state index in [0.717, 1.165) is 39.0 Å². The molecule has 0 aromatic rings. The molecule has 4 nitrogen and oxygen atoms in total. The van der Waals surface area contributed by atoms with Gasteiger partial charge in [-0.05, 0) is 18.8 Å². The molecule has 0 spiro atoms. The maximum atomic E-state index is 5.23. The Labute approximate surface area is 89.8 Å². The van der Waals surface area contributed by atoms with Crippen molar-refractivity contribution in [1.29, 1.82) is 0 Å². The van der Waals surface area contributed by atoms with Gasteiger partial charge in [0.25, 0.3) is 0 Å². The number of fused-ring (bicyclic) bond motifs is 1. The van der Waals surface area contributed by atoms with Crippen LogP contribution in [0.4, 0.5) is 0 Å². The van der Waals surface area contributed by atoms with Gasteiger partial charge in [-0.15, -0.1) is 0 Å². The lowest BCUT2D eigenvalue weighted by atomic mass is 10.3. The van der Waals surface area contributed by atoms with E-state index in [1.807, 2.05) is 0 Å². The molecule has 4 atom stereocenters. The minimum absolute atomic E-state index is 0.392. The first-order chi connectivity index (χ1) is 7.42. The van der Waals surface area contributed by atoms with Crippen LogP contribution in [0, 0.1) is 5.92 Å². The highest BCUT2D eigenvalue weighted by Crippen LogP contribution is 2.41. The van der Waals surface area contributed by atoms with Crippen molar-refractivity contribution >= 4 is 0 Å². The molecule has 0 aromatic heterocycles. The third-order valence-electron chi connectivity index (χ3n) is 3.09. The average molecular weight is 214 g/mol. The summed E-state index contributed by atoms with van der Waals surface area (Å²) < 4.78 is 20.3. The summed E-state index contributed by atoms with van der Waals surface area (Å²) in [5.74, 6) is 0.991. The molecule has 4 fully saturated rings. The zero-order chi connectivity index (χ0) is 10.1. The number of hydrogen-bond donors (Lipinski definition) is 0. The van der Waals surface area contributed by atoms with E-state index in [4.69, 9.17) is 18.9 Å². The van der Waals surface area contributed by atoms with Crippen LogP contribution >= 0.6 is 0 Å². The van der Waals surface area contributed by atoms with Gasteiger partial charge in [-0.2, -0.15) is 0 Å². The second-order valence-electron chi connectivity index (χ2n) is 4.64. The van der Waals surface area contributed by atoms with Crippen LogP contribution < -0.4 is 0 Å². The molecule has 4 aliphatic rings. The van der Waals surface area contributed by atoms with Crippen LogP contribution in [0.1, 0.15) is 12.8 Å². The fourth-order valence-electron chi connectivity index (χ4n) is 1.76. The van der Waals surface area contributed by atoms with E-state index in [1.54, 1.807) is 0 Å². The van der Waals surface area contributed by atoms with Crippen molar-refractivity contribution in [3.63, 3.8) is 0 Å². The summed E-state index contributed by atoms with van der Waals surface area (Å²) in [6.45, 7) is 4.30. The van der Waals surface area contributed by atoms with E-state index in [1.165, 1.54) is 12.8 Å². The van der Waals surface area contributed by atoms with Crippen LogP contribution in [-0.2, 0) is 18.9 Å². The standard InChI is InChI=1S/C6H10O3.C5H8O/c1(5-3-8-5)7-2-6-4-9-6;1-2-6-5-3-4(1)5/h5-6H,1-4H2;4-5H,1-3H2. The number of hydrogen-bond acceptors (Lipinski definition) is 4. The van der Waals surface area contributed by atoms with Crippen molar-refractivity contribution in [3.8, 4) is 0 Å². The number of epoxide rings is 2. The highest BCUT2D eigenvalue weighted by atomic mass is 16.6. The van der Waals surface area contributed by atoms with E-state index >= 15 is 0 Å². The monoisotopic (exact) mass is 214 g/mol. The zero-order valence-electron chi connectivity index (χ0n) is 8.89. The van der Waals surface area contributed by atoms with E-state index in [9.17, 15) is 0 Å². The smallest absolute Gasteiger partial charge is 0.104 e. The van der Waals surface area contributed by atoms with Crippen molar-refractivity contribution < 1.29 is 18.9 Å². The lowest BCUT2D eigenvalue weighted by Crippen LogP contribution is -2.06. The summed E-state index contributed by atoms with van der Waals surface area (Å²) in [6.07, 6.45) is 4.20. The third kappa shape index (κ3) is 3.41. The first-order valence-electron chi connectivity index (χ1n) is 5.84. The van der Waals surface area contributed by atoms with Crippen LogP contribution in [-0.4, -0.2) is 51.3 Å². The molecule has 0 amide bonds. The molecule has 1 saturated carbocycles. The molecule has 3 aliphatic heterocycles. The van der Waals surface area contributed by atoms with E-state index in [2.05, 4.69) is 0 Å². The summed E-state index contributed by atoms with van der Waals surface area (Å²) in [5.41, 5.74) is 0. The van der Waals surface area contributed by atoms with Gasteiger partial charge in [0.2, 0.25) is 0 Å². The fourth-order valence-corrected chi connectivity index (χ4v) is 1.76. The topological polar surface area (TPSA) is 43.5 Å². The van der Waals surface area contributed by atoms with Gasteiger partial charge in [0.15, 0.2) is 0 Å². The summed E-state index contributed by atoms with van der Waals surface area (Å²) in [5, 5.41) is 0. The van der Waals surface area contributed by atoms with Crippen molar-refractivity contribution in [2.45, 2.75) is 31.2 Å². The minimum atomic E-state index is 0.392. The maximum absolute atomic E-state index is 5.23. The molecule has 0 bridgehead atoms. The largest absolute Gasteiger partial charge is 0.378 e. The fraction of sp³-hybridized carbons (Fsp3) is 1.00. The maximum Gasteiger partial charge on any atom is 0.104 e. The van der Waals surface area contributed by atoms with Gasteiger partial charge in [-0.25, -0.2) is 0 Å². The van der Waals surface area contributed by atoms with Crippen molar-refractivity contribution in [1.82, 2.24) is 0 Å². The lowest BCUT2D eigenvalue weighted by Gasteiger charge is -1.95. The minimum Gasteiger partial charge on any atom is -0.378 e.